The largest absolute Gasteiger partial charge is 0.337 e. The van der Waals surface area contributed by atoms with Gasteiger partial charge in [0.15, 0.2) is 0 Å². The van der Waals surface area contributed by atoms with E-state index in [0.717, 1.165) is 0 Å². The maximum Gasteiger partial charge on any atom is 0.250 e. The van der Waals surface area contributed by atoms with Crippen LogP contribution in [0, 0.1) is 18.6 Å². The number of benzene rings is 2. The zero-order chi connectivity index (χ0) is 18.1. The number of halogens is 2. The van der Waals surface area contributed by atoms with Gasteiger partial charge in [-0.3, -0.25) is 0 Å². The van der Waals surface area contributed by atoms with Gasteiger partial charge in [0.2, 0.25) is 11.6 Å². The summed E-state index contributed by atoms with van der Waals surface area (Å²) in [7, 11) is 0. The van der Waals surface area contributed by atoms with Gasteiger partial charge in [0.1, 0.15) is 18.2 Å². The molecule has 0 bridgehead atoms. The molecule has 4 aromatic rings. The van der Waals surface area contributed by atoms with E-state index in [9.17, 15) is 8.78 Å². The van der Waals surface area contributed by atoms with Crippen molar-refractivity contribution in [1.29, 1.82) is 0 Å². The molecule has 0 fully saturated rings. The molecule has 0 radical (unpaired) electrons. The molecule has 0 saturated carbocycles. The maximum atomic E-state index is 13.7. The molecule has 26 heavy (non-hydrogen) atoms. The van der Waals surface area contributed by atoms with E-state index in [0.29, 0.717) is 16.7 Å². The van der Waals surface area contributed by atoms with Crippen molar-refractivity contribution >= 4 is 0 Å². The van der Waals surface area contributed by atoms with Gasteiger partial charge in [-0.05, 0) is 35.9 Å². The van der Waals surface area contributed by atoms with Crippen molar-refractivity contribution in [2.45, 2.75) is 13.5 Å². The molecule has 0 aliphatic rings. The number of nitrogens with zero attached hydrogens (tertiary/aromatic N) is 6. The van der Waals surface area contributed by atoms with Gasteiger partial charge in [0.05, 0.1) is 0 Å². The molecular weight excluding hydrogens is 342 g/mol. The van der Waals surface area contributed by atoms with Crippen molar-refractivity contribution in [2.75, 3.05) is 0 Å². The summed E-state index contributed by atoms with van der Waals surface area (Å²) >= 11 is 0. The summed E-state index contributed by atoms with van der Waals surface area (Å²) in [6.07, 6.45) is 0. The van der Waals surface area contributed by atoms with E-state index in [1.54, 1.807) is 31.2 Å². The Morgan fingerprint density at radius 3 is 2.69 bits per heavy atom. The van der Waals surface area contributed by atoms with Crippen molar-refractivity contribution in [3.63, 3.8) is 0 Å². The summed E-state index contributed by atoms with van der Waals surface area (Å²) in [5.74, 6) is 0.0654. The Balaban J connectivity index is 1.53. The minimum Gasteiger partial charge on any atom is -0.337 e. The minimum absolute atomic E-state index is 0.0870. The minimum atomic E-state index is -0.384. The SMILES string of the molecule is Cc1ccc(-c2noc(Cn3nnc(-c4cccc(F)c4)n3)n2)cc1F. The molecule has 7 nitrogen and oxygen atoms in total. The van der Waals surface area contributed by atoms with E-state index < -0.39 is 0 Å². The number of tetrazole rings is 1. The monoisotopic (exact) mass is 354 g/mol. The predicted molar refractivity (Wildman–Crippen MR) is 86.7 cm³/mol. The average Bonchev–Trinajstić information content (AvgIpc) is 3.28. The molecule has 0 unspecified atom stereocenters. The van der Waals surface area contributed by atoms with Gasteiger partial charge in [-0.15, -0.1) is 10.2 Å². The molecule has 0 saturated heterocycles. The van der Waals surface area contributed by atoms with Gasteiger partial charge >= 0.3 is 0 Å². The van der Waals surface area contributed by atoms with Gasteiger partial charge in [-0.25, -0.2) is 8.78 Å². The number of aryl methyl sites for hydroxylation is 1. The number of hydrogen-bond acceptors (Lipinski definition) is 6. The molecule has 2 aromatic carbocycles. The quantitative estimate of drug-likeness (QED) is 0.560. The van der Waals surface area contributed by atoms with Crippen LogP contribution < -0.4 is 0 Å². The summed E-state index contributed by atoms with van der Waals surface area (Å²) in [6.45, 7) is 1.76. The maximum absolute atomic E-state index is 13.7. The molecule has 0 aliphatic carbocycles. The van der Waals surface area contributed by atoms with E-state index in [2.05, 4.69) is 25.6 Å². The summed E-state index contributed by atoms with van der Waals surface area (Å²) in [5, 5.41) is 15.8. The number of aromatic nitrogens is 6. The highest BCUT2D eigenvalue weighted by atomic mass is 19.1. The fourth-order valence-electron chi connectivity index (χ4n) is 2.34. The van der Waals surface area contributed by atoms with Crippen LogP contribution in [0.15, 0.2) is 47.0 Å². The zero-order valence-electron chi connectivity index (χ0n) is 13.6. The summed E-state index contributed by atoms with van der Waals surface area (Å²) in [6, 6.07) is 10.6. The van der Waals surface area contributed by atoms with Crippen LogP contribution in [0.1, 0.15) is 11.5 Å². The topological polar surface area (TPSA) is 82.5 Å². The standard InChI is InChI=1S/C17H12F2N6O/c1-10-5-6-12(8-14(10)19)16-20-15(26-23-16)9-25-22-17(21-24-25)11-3-2-4-13(18)7-11/h2-8H,9H2,1H3. The Kier molecular flexibility index (Phi) is 3.96. The van der Waals surface area contributed by atoms with Crippen LogP contribution in [0.3, 0.4) is 0 Å². The molecule has 2 aromatic heterocycles. The zero-order valence-corrected chi connectivity index (χ0v) is 13.6. The van der Waals surface area contributed by atoms with Gasteiger partial charge < -0.3 is 4.52 Å². The first-order valence-corrected chi connectivity index (χ1v) is 7.71. The van der Waals surface area contributed by atoms with Crippen LogP contribution >= 0.6 is 0 Å². The van der Waals surface area contributed by atoms with Gasteiger partial charge in [-0.2, -0.15) is 9.78 Å². The highest BCUT2D eigenvalue weighted by molar-refractivity contribution is 5.55. The van der Waals surface area contributed by atoms with Crippen LogP contribution in [-0.4, -0.2) is 30.3 Å². The Morgan fingerprint density at radius 1 is 1.04 bits per heavy atom. The molecule has 2 heterocycles. The predicted octanol–water partition coefficient (Wildman–Crippen LogP) is 3.03. The lowest BCUT2D eigenvalue weighted by Crippen LogP contribution is -2.04. The van der Waals surface area contributed by atoms with Crippen LogP contribution in [0.2, 0.25) is 0 Å². The number of rotatable bonds is 4. The molecule has 130 valence electrons. The first kappa shape index (κ1) is 16.0. The highest BCUT2D eigenvalue weighted by Crippen LogP contribution is 2.19. The smallest absolute Gasteiger partial charge is 0.250 e. The van der Waals surface area contributed by atoms with E-state index in [-0.39, 0.29) is 35.7 Å². The third-order valence-electron chi connectivity index (χ3n) is 3.71. The molecule has 0 atom stereocenters. The first-order chi connectivity index (χ1) is 12.6. The lowest BCUT2D eigenvalue weighted by atomic mass is 10.1. The molecular formula is C17H12F2N6O. The van der Waals surface area contributed by atoms with Crippen molar-refractivity contribution in [1.82, 2.24) is 30.3 Å². The lowest BCUT2D eigenvalue weighted by molar-refractivity contribution is 0.356. The van der Waals surface area contributed by atoms with Crippen molar-refractivity contribution < 1.29 is 13.3 Å². The van der Waals surface area contributed by atoms with Gasteiger partial charge in [-0.1, -0.05) is 29.4 Å². The molecule has 0 amide bonds. The third kappa shape index (κ3) is 3.18. The van der Waals surface area contributed by atoms with E-state index >= 15 is 0 Å². The Morgan fingerprint density at radius 2 is 1.88 bits per heavy atom. The second-order valence-corrected chi connectivity index (χ2v) is 5.63. The fourth-order valence-corrected chi connectivity index (χ4v) is 2.34. The van der Waals surface area contributed by atoms with Crippen LogP contribution in [0.25, 0.3) is 22.8 Å². The van der Waals surface area contributed by atoms with Crippen molar-refractivity contribution in [2.24, 2.45) is 0 Å². The van der Waals surface area contributed by atoms with Crippen molar-refractivity contribution in [3.05, 3.63) is 65.6 Å². The van der Waals surface area contributed by atoms with E-state index in [1.165, 1.54) is 23.0 Å². The molecule has 4 rings (SSSR count). The Hall–Kier alpha value is -3.49. The Labute approximate surface area is 146 Å². The average molecular weight is 354 g/mol. The van der Waals surface area contributed by atoms with Crippen LogP contribution in [-0.2, 0) is 6.54 Å². The lowest BCUT2D eigenvalue weighted by Gasteiger charge is -1.97. The van der Waals surface area contributed by atoms with Crippen LogP contribution in [0.5, 0.6) is 0 Å². The molecule has 0 N–H and O–H groups in total. The Bertz CT molecular complexity index is 1070. The fraction of sp³-hybridized carbons (Fsp3) is 0.118. The molecule has 0 spiro atoms. The van der Waals surface area contributed by atoms with Gasteiger partial charge in [0, 0.05) is 11.1 Å². The van der Waals surface area contributed by atoms with Crippen LogP contribution in [0.4, 0.5) is 8.78 Å². The third-order valence-corrected chi connectivity index (χ3v) is 3.71. The second kappa shape index (κ2) is 6.43. The first-order valence-electron chi connectivity index (χ1n) is 7.71. The van der Waals surface area contributed by atoms with E-state index in [1.807, 2.05) is 0 Å². The van der Waals surface area contributed by atoms with E-state index in [4.69, 9.17) is 4.52 Å². The normalized spacial score (nSPS) is 11.0. The molecule has 9 heteroatoms. The summed E-state index contributed by atoms with van der Waals surface area (Å²) in [5.41, 5.74) is 1.56. The molecule has 0 aliphatic heterocycles. The van der Waals surface area contributed by atoms with Gasteiger partial charge in [0.25, 0.3) is 5.89 Å². The highest BCUT2D eigenvalue weighted by Gasteiger charge is 2.13. The summed E-state index contributed by atoms with van der Waals surface area (Å²) in [4.78, 5) is 5.47. The second-order valence-electron chi connectivity index (χ2n) is 5.63. The van der Waals surface area contributed by atoms with Crippen molar-refractivity contribution in [3.8, 4) is 22.8 Å². The number of hydrogen-bond donors (Lipinski definition) is 0. The summed E-state index contributed by atoms with van der Waals surface area (Å²) < 4.78 is 32.1.